The zero-order valence-corrected chi connectivity index (χ0v) is 18.5. The lowest BCUT2D eigenvalue weighted by Gasteiger charge is -2.13. The van der Waals surface area contributed by atoms with Crippen LogP contribution in [0.25, 0.3) is 0 Å². The van der Waals surface area contributed by atoms with Gasteiger partial charge in [0.05, 0.1) is 26.5 Å². The molecule has 152 valence electrons. The minimum Gasteiger partial charge on any atom is -0.497 e. The molecule has 0 aliphatic carbocycles. The molecule has 0 saturated carbocycles. The predicted octanol–water partition coefficient (Wildman–Crippen LogP) is 5.37. The molecule has 1 heterocycles. The number of ether oxygens (including phenoxy) is 2. The number of methoxy groups -OCH3 is 2. The van der Waals surface area contributed by atoms with Gasteiger partial charge in [-0.05, 0) is 43.4 Å². The van der Waals surface area contributed by atoms with Gasteiger partial charge in [0.1, 0.15) is 11.5 Å². The second-order valence-electron chi connectivity index (χ2n) is 6.17. The number of nitrogens with zero attached hydrogens (tertiary/aromatic N) is 2. The number of aromatic nitrogens is 2. The molecule has 0 radical (unpaired) electrons. The van der Waals surface area contributed by atoms with Crippen molar-refractivity contribution in [3.63, 3.8) is 0 Å². The molecule has 0 bridgehead atoms. The van der Waals surface area contributed by atoms with Crippen LogP contribution in [0.5, 0.6) is 11.5 Å². The van der Waals surface area contributed by atoms with Crippen molar-refractivity contribution in [2.24, 2.45) is 0 Å². The number of anilines is 2. The Morgan fingerprint density at radius 1 is 1.07 bits per heavy atom. The Morgan fingerprint density at radius 2 is 1.79 bits per heavy atom. The van der Waals surface area contributed by atoms with Crippen LogP contribution >= 0.6 is 35.4 Å². The average molecular weight is 451 g/mol. The molecular weight excluding hydrogens is 431 g/mol. The quantitative estimate of drug-likeness (QED) is 0.492. The molecule has 0 unspecified atom stereocenters. The zero-order valence-electron chi connectivity index (χ0n) is 16.1. The van der Waals surface area contributed by atoms with Gasteiger partial charge in [-0.25, -0.2) is 0 Å². The first kappa shape index (κ1) is 21.2. The van der Waals surface area contributed by atoms with Gasteiger partial charge in [0.25, 0.3) is 0 Å². The van der Waals surface area contributed by atoms with E-state index in [1.807, 2.05) is 48.0 Å². The van der Waals surface area contributed by atoms with E-state index >= 15 is 0 Å². The second kappa shape index (κ2) is 9.35. The third-order valence-corrected chi connectivity index (χ3v) is 5.16. The van der Waals surface area contributed by atoms with E-state index in [1.165, 1.54) is 0 Å². The minimum atomic E-state index is 0.383. The van der Waals surface area contributed by atoms with Crippen molar-refractivity contribution >= 4 is 52.0 Å². The Hall–Kier alpha value is -2.48. The molecule has 9 heteroatoms. The largest absolute Gasteiger partial charge is 0.497 e. The molecule has 29 heavy (non-hydrogen) atoms. The van der Waals surface area contributed by atoms with Crippen LogP contribution in [0.1, 0.15) is 11.3 Å². The van der Waals surface area contributed by atoms with E-state index in [9.17, 15) is 0 Å². The number of rotatable bonds is 6. The Kier molecular flexibility index (Phi) is 6.84. The summed E-state index contributed by atoms with van der Waals surface area (Å²) in [4.78, 5) is 0. The highest BCUT2D eigenvalue weighted by molar-refractivity contribution is 7.80. The van der Waals surface area contributed by atoms with Crippen LogP contribution < -0.4 is 20.1 Å². The standard InChI is InChI=1S/C20H20Cl2N4O2S/c1-12-9-19(25-26(12)11-14-15(21)5-4-6-16(14)22)24-20(29)23-17-8-7-13(27-2)10-18(17)28-3/h4-10H,11H2,1-3H3,(H2,23,24,25,29). The summed E-state index contributed by atoms with van der Waals surface area (Å²) < 4.78 is 12.4. The number of thiocarbonyl (C=S) groups is 1. The fourth-order valence-electron chi connectivity index (χ4n) is 2.74. The van der Waals surface area contributed by atoms with Gasteiger partial charge < -0.3 is 20.1 Å². The highest BCUT2D eigenvalue weighted by Crippen LogP contribution is 2.29. The molecule has 0 fully saturated rings. The van der Waals surface area contributed by atoms with Crippen molar-refractivity contribution in [2.75, 3.05) is 24.9 Å². The van der Waals surface area contributed by atoms with Crippen molar-refractivity contribution in [3.8, 4) is 11.5 Å². The molecular formula is C20H20Cl2N4O2S. The maximum atomic E-state index is 6.27. The monoisotopic (exact) mass is 450 g/mol. The number of hydrogen-bond donors (Lipinski definition) is 2. The SMILES string of the molecule is COc1ccc(NC(=S)Nc2cc(C)n(Cc3c(Cl)cccc3Cl)n2)c(OC)c1. The number of benzene rings is 2. The van der Waals surface area contributed by atoms with Gasteiger partial charge in [0.15, 0.2) is 10.9 Å². The molecule has 2 N–H and O–H groups in total. The van der Waals surface area contributed by atoms with Gasteiger partial charge in [0, 0.05) is 33.4 Å². The van der Waals surface area contributed by atoms with E-state index in [2.05, 4.69) is 15.7 Å². The number of nitrogens with one attached hydrogen (secondary N) is 2. The molecule has 0 atom stereocenters. The number of hydrogen-bond acceptors (Lipinski definition) is 4. The molecule has 2 aromatic carbocycles. The van der Waals surface area contributed by atoms with E-state index in [1.54, 1.807) is 20.3 Å². The van der Waals surface area contributed by atoms with Crippen LogP contribution in [0.2, 0.25) is 10.0 Å². The topological polar surface area (TPSA) is 60.3 Å². The van der Waals surface area contributed by atoms with Crippen molar-refractivity contribution in [1.82, 2.24) is 9.78 Å². The van der Waals surface area contributed by atoms with Gasteiger partial charge >= 0.3 is 0 Å². The van der Waals surface area contributed by atoms with Crippen LogP contribution in [0, 0.1) is 6.92 Å². The Morgan fingerprint density at radius 3 is 2.45 bits per heavy atom. The Balaban J connectivity index is 1.71. The molecule has 0 saturated heterocycles. The van der Waals surface area contributed by atoms with Crippen molar-refractivity contribution in [2.45, 2.75) is 13.5 Å². The van der Waals surface area contributed by atoms with Crippen LogP contribution in [0.4, 0.5) is 11.5 Å². The predicted molar refractivity (Wildman–Crippen MR) is 122 cm³/mol. The summed E-state index contributed by atoms with van der Waals surface area (Å²) in [5.74, 6) is 1.91. The maximum absolute atomic E-state index is 6.27. The van der Waals surface area contributed by atoms with Crippen LogP contribution in [-0.2, 0) is 6.54 Å². The molecule has 0 amide bonds. The van der Waals surface area contributed by atoms with Crippen molar-refractivity contribution in [3.05, 3.63) is 63.8 Å². The highest BCUT2D eigenvalue weighted by Gasteiger charge is 2.12. The van der Waals surface area contributed by atoms with E-state index < -0.39 is 0 Å². The molecule has 0 spiro atoms. The summed E-state index contributed by atoms with van der Waals surface area (Å²) in [5.41, 5.74) is 2.47. The number of halogens is 2. The average Bonchev–Trinajstić information content (AvgIpc) is 3.03. The first-order chi connectivity index (χ1) is 13.9. The fourth-order valence-corrected chi connectivity index (χ4v) is 3.47. The minimum absolute atomic E-state index is 0.383. The third-order valence-electron chi connectivity index (χ3n) is 4.25. The summed E-state index contributed by atoms with van der Waals surface area (Å²) in [6.07, 6.45) is 0. The molecule has 0 aliphatic heterocycles. The highest BCUT2D eigenvalue weighted by atomic mass is 35.5. The van der Waals surface area contributed by atoms with Gasteiger partial charge in [0.2, 0.25) is 0 Å². The Bertz CT molecular complexity index is 1020. The van der Waals surface area contributed by atoms with Crippen molar-refractivity contribution in [1.29, 1.82) is 0 Å². The molecule has 6 nitrogen and oxygen atoms in total. The first-order valence-electron chi connectivity index (χ1n) is 8.68. The number of aryl methyl sites for hydroxylation is 1. The Labute approximate surface area is 184 Å². The lowest BCUT2D eigenvalue weighted by Crippen LogP contribution is -2.20. The van der Waals surface area contributed by atoms with Crippen LogP contribution in [0.15, 0.2) is 42.5 Å². The van der Waals surface area contributed by atoms with E-state index in [0.29, 0.717) is 44.7 Å². The maximum Gasteiger partial charge on any atom is 0.176 e. The van der Waals surface area contributed by atoms with Gasteiger partial charge in [-0.15, -0.1) is 0 Å². The van der Waals surface area contributed by atoms with E-state index in [4.69, 9.17) is 44.9 Å². The molecule has 0 aliphatic rings. The normalized spacial score (nSPS) is 10.5. The summed E-state index contributed by atoms with van der Waals surface area (Å²) >= 11 is 18.0. The molecule has 3 rings (SSSR count). The molecule has 3 aromatic rings. The molecule has 1 aromatic heterocycles. The summed E-state index contributed by atoms with van der Waals surface area (Å²) in [5, 5.41) is 12.3. The third kappa shape index (κ3) is 5.12. The van der Waals surface area contributed by atoms with Crippen LogP contribution in [0.3, 0.4) is 0 Å². The first-order valence-corrected chi connectivity index (χ1v) is 9.85. The van der Waals surface area contributed by atoms with Gasteiger partial charge in [-0.3, -0.25) is 4.68 Å². The second-order valence-corrected chi connectivity index (χ2v) is 7.40. The lowest BCUT2D eigenvalue weighted by atomic mass is 10.2. The lowest BCUT2D eigenvalue weighted by molar-refractivity contribution is 0.395. The van der Waals surface area contributed by atoms with E-state index in [-0.39, 0.29) is 0 Å². The smallest absolute Gasteiger partial charge is 0.176 e. The summed E-state index contributed by atoms with van der Waals surface area (Å²) in [7, 11) is 3.18. The summed E-state index contributed by atoms with van der Waals surface area (Å²) in [6.45, 7) is 2.41. The zero-order chi connectivity index (χ0) is 21.0. The van der Waals surface area contributed by atoms with Gasteiger partial charge in [-0.1, -0.05) is 29.3 Å². The van der Waals surface area contributed by atoms with E-state index in [0.717, 1.165) is 11.3 Å². The fraction of sp³-hybridized carbons (Fsp3) is 0.200. The summed E-state index contributed by atoms with van der Waals surface area (Å²) in [6, 6.07) is 12.7. The van der Waals surface area contributed by atoms with Crippen molar-refractivity contribution < 1.29 is 9.47 Å². The van der Waals surface area contributed by atoms with Crippen LogP contribution in [-0.4, -0.2) is 29.1 Å². The van der Waals surface area contributed by atoms with Gasteiger partial charge in [-0.2, -0.15) is 5.10 Å².